The van der Waals surface area contributed by atoms with Crippen molar-refractivity contribution in [3.8, 4) is 11.5 Å². The Balaban J connectivity index is 2.12. The summed E-state index contributed by atoms with van der Waals surface area (Å²) in [6.45, 7) is 4.34. The third-order valence-corrected chi connectivity index (χ3v) is 4.37. The predicted molar refractivity (Wildman–Crippen MR) is 104 cm³/mol. The fourth-order valence-corrected chi connectivity index (χ4v) is 3.04. The van der Waals surface area contributed by atoms with Gasteiger partial charge in [0.15, 0.2) is 17.1 Å². The number of aromatic amines is 1. The Morgan fingerprint density at radius 1 is 1.07 bits per heavy atom. The first kappa shape index (κ1) is 18.5. The Kier molecular flexibility index (Phi) is 5.16. The molecule has 3 aromatic rings. The third-order valence-electron chi connectivity index (χ3n) is 4.37. The van der Waals surface area contributed by atoms with Crippen molar-refractivity contribution < 1.29 is 9.47 Å². The van der Waals surface area contributed by atoms with Gasteiger partial charge in [0, 0.05) is 18.7 Å². The van der Waals surface area contributed by atoms with E-state index < -0.39 is 0 Å². The van der Waals surface area contributed by atoms with Crippen molar-refractivity contribution in [1.82, 2.24) is 19.1 Å². The summed E-state index contributed by atoms with van der Waals surface area (Å²) in [5.41, 5.74) is 0.753. The van der Waals surface area contributed by atoms with E-state index in [0.717, 1.165) is 5.56 Å². The van der Waals surface area contributed by atoms with Gasteiger partial charge in [0.25, 0.3) is 5.56 Å². The molecule has 0 aliphatic rings. The number of aromatic nitrogens is 4. The van der Waals surface area contributed by atoms with Crippen LogP contribution < -0.4 is 20.7 Å². The molecule has 8 heteroatoms. The lowest BCUT2D eigenvalue weighted by Crippen LogP contribution is -2.39. The van der Waals surface area contributed by atoms with Gasteiger partial charge in [-0.05, 0) is 32.1 Å². The van der Waals surface area contributed by atoms with Gasteiger partial charge in [0.05, 0.1) is 14.2 Å². The maximum atomic E-state index is 12.5. The standard InChI is InChI=1S/C19H22N4O4/c1-5-22-17-15(18(24)23(6-2)19(22)25)20-14(21-17)11-10-12-8-7-9-13(26-3)16(12)27-4/h7-11H,5-6H2,1-4H3,(H,20,21)/b11-10+. The van der Waals surface area contributed by atoms with Gasteiger partial charge in [0.2, 0.25) is 0 Å². The van der Waals surface area contributed by atoms with Crippen LogP contribution in [0.2, 0.25) is 0 Å². The molecular formula is C19H22N4O4. The van der Waals surface area contributed by atoms with Gasteiger partial charge in [0.1, 0.15) is 11.3 Å². The number of nitrogens with zero attached hydrogens (tertiary/aromatic N) is 3. The molecule has 0 unspecified atom stereocenters. The Morgan fingerprint density at radius 3 is 2.44 bits per heavy atom. The number of H-pyrrole nitrogens is 1. The predicted octanol–water partition coefficient (Wildman–Crippen LogP) is 2.11. The maximum Gasteiger partial charge on any atom is 0.332 e. The summed E-state index contributed by atoms with van der Waals surface area (Å²) in [7, 11) is 3.15. The number of hydrogen-bond donors (Lipinski definition) is 1. The Labute approximate surface area is 155 Å². The van der Waals surface area contributed by atoms with Gasteiger partial charge in [-0.2, -0.15) is 0 Å². The number of para-hydroxylation sites is 1. The van der Waals surface area contributed by atoms with Crippen LogP contribution in [-0.4, -0.2) is 33.3 Å². The zero-order valence-corrected chi connectivity index (χ0v) is 15.8. The average molecular weight is 370 g/mol. The highest BCUT2D eigenvalue weighted by atomic mass is 16.5. The lowest BCUT2D eigenvalue weighted by molar-refractivity contribution is 0.354. The van der Waals surface area contributed by atoms with Gasteiger partial charge in [-0.1, -0.05) is 12.1 Å². The van der Waals surface area contributed by atoms with Crippen LogP contribution in [0.15, 0.2) is 27.8 Å². The van der Waals surface area contributed by atoms with E-state index in [-0.39, 0.29) is 11.2 Å². The molecule has 0 fully saturated rings. The smallest absolute Gasteiger partial charge is 0.332 e. The lowest BCUT2D eigenvalue weighted by Gasteiger charge is -2.09. The molecule has 8 nitrogen and oxygen atoms in total. The number of nitrogens with one attached hydrogen (secondary N) is 1. The summed E-state index contributed by atoms with van der Waals surface area (Å²) in [6.07, 6.45) is 3.54. The monoisotopic (exact) mass is 370 g/mol. The van der Waals surface area contributed by atoms with E-state index >= 15 is 0 Å². The highest BCUT2D eigenvalue weighted by Crippen LogP contribution is 2.31. The number of methoxy groups -OCH3 is 2. The normalized spacial score (nSPS) is 11.4. The van der Waals surface area contributed by atoms with Crippen LogP contribution in [0.3, 0.4) is 0 Å². The van der Waals surface area contributed by atoms with E-state index in [1.54, 1.807) is 27.2 Å². The summed E-state index contributed by atoms with van der Waals surface area (Å²) in [4.78, 5) is 32.4. The fourth-order valence-electron chi connectivity index (χ4n) is 3.04. The second kappa shape index (κ2) is 7.53. The van der Waals surface area contributed by atoms with Crippen LogP contribution >= 0.6 is 0 Å². The number of rotatable bonds is 6. The Morgan fingerprint density at radius 2 is 1.81 bits per heavy atom. The first-order valence-electron chi connectivity index (χ1n) is 8.68. The van der Waals surface area contributed by atoms with Crippen LogP contribution in [0, 0.1) is 0 Å². The van der Waals surface area contributed by atoms with Crippen molar-refractivity contribution >= 4 is 23.3 Å². The maximum absolute atomic E-state index is 12.5. The topological polar surface area (TPSA) is 91.1 Å². The molecule has 0 spiro atoms. The number of imidazole rings is 1. The summed E-state index contributed by atoms with van der Waals surface area (Å²) in [5, 5.41) is 0. The van der Waals surface area contributed by atoms with Gasteiger partial charge >= 0.3 is 5.69 Å². The van der Waals surface area contributed by atoms with Crippen LogP contribution in [0.5, 0.6) is 11.5 Å². The molecule has 0 atom stereocenters. The third kappa shape index (κ3) is 3.14. The molecule has 0 amide bonds. The van der Waals surface area contributed by atoms with Gasteiger partial charge in [-0.25, -0.2) is 9.78 Å². The van der Waals surface area contributed by atoms with E-state index in [9.17, 15) is 9.59 Å². The van der Waals surface area contributed by atoms with Crippen molar-refractivity contribution in [3.63, 3.8) is 0 Å². The van der Waals surface area contributed by atoms with Crippen LogP contribution in [0.25, 0.3) is 23.3 Å². The van der Waals surface area contributed by atoms with Gasteiger partial charge in [-0.15, -0.1) is 0 Å². The number of aryl methyl sites for hydroxylation is 1. The van der Waals surface area contributed by atoms with Crippen LogP contribution in [0.1, 0.15) is 25.2 Å². The van der Waals surface area contributed by atoms with Crippen LogP contribution in [-0.2, 0) is 13.1 Å². The first-order valence-corrected chi connectivity index (χ1v) is 8.68. The molecule has 3 rings (SSSR count). The van der Waals surface area contributed by atoms with Gasteiger partial charge in [-0.3, -0.25) is 13.9 Å². The fraction of sp³-hybridized carbons (Fsp3) is 0.316. The number of fused-ring (bicyclic) bond motifs is 1. The molecule has 1 N–H and O–H groups in total. The molecular weight excluding hydrogens is 348 g/mol. The van der Waals surface area contributed by atoms with Crippen molar-refractivity contribution in [3.05, 3.63) is 50.4 Å². The molecule has 1 aromatic carbocycles. The zero-order chi connectivity index (χ0) is 19.6. The molecule has 0 bridgehead atoms. The molecule has 27 heavy (non-hydrogen) atoms. The van der Waals surface area contributed by atoms with Crippen molar-refractivity contribution in [2.24, 2.45) is 0 Å². The molecule has 2 heterocycles. The number of benzene rings is 1. The minimum Gasteiger partial charge on any atom is -0.493 e. The van der Waals surface area contributed by atoms with E-state index in [0.29, 0.717) is 41.6 Å². The first-order chi connectivity index (χ1) is 13.0. The molecule has 0 saturated carbocycles. The molecule has 0 aliphatic carbocycles. The summed E-state index contributed by atoms with van der Waals surface area (Å²) in [6, 6.07) is 5.55. The highest BCUT2D eigenvalue weighted by molar-refractivity contribution is 5.77. The summed E-state index contributed by atoms with van der Waals surface area (Å²) >= 11 is 0. The molecule has 2 aromatic heterocycles. The summed E-state index contributed by atoms with van der Waals surface area (Å²) in [5.74, 6) is 1.70. The Bertz CT molecular complexity index is 1120. The minimum atomic E-state index is -0.367. The van der Waals surface area contributed by atoms with E-state index in [4.69, 9.17) is 9.47 Å². The zero-order valence-electron chi connectivity index (χ0n) is 15.8. The van der Waals surface area contributed by atoms with Crippen molar-refractivity contribution in [2.75, 3.05) is 14.2 Å². The second-order valence-corrected chi connectivity index (χ2v) is 5.81. The molecule has 0 aliphatic heterocycles. The molecule has 0 saturated heterocycles. The molecule has 0 radical (unpaired) electrons. The van der Waals surface area contributed by atoms with E-state index in [2.05, 4.69) is 9.97 Å². The van der Waals surface area contributed by atoms with Crippen molar-refractivity contribution in [1.29, 1.82) is 0 Å². The Hall–Kier alpha value is -3.29. The SMILES string of the molecule is CCn1c(=O)c2[nH]c(/C=C/c3cccc(OC)c3OC)nc2n(CC)c1=O. The van der Waals surface area contributed by atoms with Crippen molar-refractivity contribution in [2.45, 2.75) is 26.9 Å². The highest BCUT2D eigenvalue weighted by Gasteiger charge is 2.15. The van der Waals surface area contributed by atoms with Crippen LogP contribution in [0.4, 0.5) is 0 Å². The average Bonchev–Trinajstić information content (AvgIpc) is 3.11. The largest absolute Gasteiger partial charge is 0.493 e. The number of hydrogen-bond acceptors (Lipinski definition) is 5. The quantitative estimate of drug-likeness (QED) is 0.718. The second-order valence-electron chi connectivity index (χ2n) is 5.81. The number of ether oxygens (including phenoxy) is 2. The van der Waals surface area contributed by atoms with E-state index in [1.807, 2.05) is 31.2 Å². The summed E-state index contributed by atoms with van der Waals surface area (Å²) < 4.78 is 13.4. The van der Waals surface area contributed by atoms with E-state index in [1.165, 1.54) is 9.13 Å². The molecule has 142 valence electrons. The van der Waals surface area contributed by atoms with Gasteiger partial charge < -0.3 is 14.5 Å². The lowest BCUT2D eigenvalue weighted by atomic mass is 10.1. The minimum absolute atomic E-state index is 0.304.